The molecule has 0 heterocycles. The van der Waals surface area contributed by atoms with Gasteiger partial charge in [-0.15, -0.1) is 0 Å². The highest BCUT2D eigenvalue weighted by Crippen LogP contribution is 2.44. The van der Waals surface area contributed by atoms with E-state index in [4.69, 9.17) is 0 Å². The molecule has 0 aromatic heterocycles. The van der Waals surface area contributed by atoms with Crippen LogP contribution in [-0.4, -0.2) is 6.54 Å². The molecule has 1 heteroatoms. The van der Waals surface area contributed by atoms with Crippen LogP contribution in [0.3, 0.4) is 0 Å². The van der Waals surface area contributed by atoms with Crippen LogP contribution in [0.4, 0.5) is 0 Å². The summed E-state index contributed by atoms with van der Waals surface area (Å²) in [7, 11) is 0. The molecule has 18 heavy (non-hydrogen) atoms. The predicted octanol–water partition coefficient (Wildman–Crippen LogP) is 4.55. The zero-order valence-electron chi connectivity index (χ0n) is 12.3. The molecule has 0 bridgehead atoms. The standard InChI is InChI=1S/C17H27N/c1-16(2,3)12-15(14-8-6-5-7-9-14)18-13-17(4)10-11-17/h5-9,15,18H,10-13H2,1-4H3. The van der Waals surface area contributed by atoms with E-state index in [0.717, 1.165) is 6.54 Å². The lowest BCUT2D eigenvalue weighted by molar-refractivity contribution is 0.299. The molecule has 1 unspecified atom stereocenters. The molecule has 0 aliphatic heterocycles. The first-order valence-corrected chi connectivity index (χ1v) is 7.16. The van der Waals surface area contributed by atoms with Gasteiger partial charge in [-0.2, -0.15) is 0 Å². The van der Waals surface area contributed by atoms with Crippen molar-refractivity contribution in [2.45, 2.75) is 53.0 Å². The van der Waals surface area contributed by atoms with E-state index < -0.39 is 0 Å². The van der Waals surface area contributed by atoms with Crippen LogP contribution in [0.5, 0.6) is 0 Å². The molecule has 1 aromatic rings. The van der Waals surface area contributed by atoms with Crippen molar-refractivity contribution >= 4 is 0 Å². The summed E-state index contributed by atoms with van der Waals surface area (Å²) in [6.45, 7) is 10.5. The maximum absolute atomic E-state index is 3.80. The van der Waals surface area contributed by atoms with Gasteiger partial charge < -0.3 is 5.32 Å². The molecule has 1 atom stereocenters. The van der Waals surface area contributed by atoms with Gasteiger partial charge in [-0.1, -0.05) is 58.0 Å². The number of benzene rings is 1. The van der Waals surface area contributed by atoms with Gasteiger partial charge in [0.25, 0.3) is 0 Å². The van der Waals surface area contributed by atoms with E-state index in [0.29, 0.717) is 16.9 Å². The molecule has 1 nitrogen and oxygen atoms in total. The molecule has 2 rings (SSSR count). The minimum absolute atomic E-state index is 0.359. The molecule has 0 amide bonds. The van der Waals surface area contributed by atoms with Crippen LogP contribution in [0.15, 0.2) is 30.3 Å². The van der Waals surface area contributed by atoms with E-state index in [-0.39, 0.29) is 0 Å². The molecule has 1 aliphatic carbocycles. The average molecular weight is 245 g/mol. The molecule has 1 N–H and O–H groups in total. The molecule has 100 valence electrons. The van der Waals surface area contributed by atoms with E-state index in [1.165, 1.54) is 24.8 Å². The third-order valence-corrected chi connectivity index (χ3v) is 3.90. The Morgan fingerprint density at radius 1 is 1.17 bits per heavy atom. The second kappa shape index (κ2) is 5.05. The van der Waals surface area contributed by atoms with Gasteiger partial charge in [-0.25, -0.2) is 0 Å². The van der Waals surface area contributed by atoms with Crippen LogP contribution < -0.4 is 5.32 Å². The molecule has 1 saturated carbocycles. The molecule has 0 radical (unpaired) electrons. The Morgan fingerprint density at radius 2 is 1.78 bits per heavy atom. The normalized spacial score (nSPS) is 19.6. The quantitative estimate of drug-likeness (QED) is 0.802. The van der Waals surface area contributed by atoms with Gasteiger partial charge in [0, 0.05) is 12.6 Å². The summed E-state index contributed by atoms with van der Waals surface area (Å²) in [5.74, 6) is 0. The van der Waals surface area contributed by atoms with Crippen LogP contribution in [-0.2, 0) is 0 Å². The van der Waals surface area contributed by atoms with Gasteiger partial charge in [0.15, 0.2) is 0 Å². The Labute approximate surface area is 112 Å². The van der Waals surface area contributed by atoms with Gasteiger partial charge in [-0.05, 0) is 35.7 Å². The zero-order valence-corrected chi connectivity index (χ0v) is 12.3. The minimum atomic E-state index is 0.359. The van der Waals surface area contributed by atoms with Crippen molar-refractivity contribution in [1.29, 1.82) is 0 Å². The molecule has 1 fully saturated rings. The van der Waals surface area contributed by atoms with Crippen molar-refractivity contribution in [3.8, 4) is 0 Å². The lowest BCUT2D eigenvalue weighted by Crippen LogP contribution is -2.30. The first kappa shape index (κ1) is 13.6. The van der Waals surface area contributed by atoms with Gasteiger partial charge in [-0.3, -0.25) is 0 Å². The fourth-order valence-electron chi connectivity index (χ4n) is 2.37. The van der Waals surface area contributed by atoms with Crippen LogP contribution in [0.25, 0.3) is 0 Å². The summed E-state index contributed by atoms with van der Waals surface area (Å²) in [4.78, 5) is 0. The van der Waals surface area contributed by atoms with E-state index in [2.05, 4.69) is 63.3 Å². The summed E-state index contributed by atoms with van der Waals surface area (Å²) < 4.78 is 0. The Kier molecular flexibility index (Phi) is 3.82. The fourth-order valence-corrected chi connectivity index (χ4v) is 2.37. The highest BCUT2D eigenvalue weighted by atomic mass is 14.9. The highest BCUT2D eigenvalue weighted by molar-refractivity contribution is 5.19. The summed E-state index contributed by atoms with van der Waals surface area (Å²) in [5.41, 5.74) is 2.36. The minimum Gasteiger partial charge on any atom is -0.309 e. The van der Waals surface area contributed by atoms with Crippen molar-refractivity contribution in [3.63, 3.8) is 0 Å². The Morgan fingerprint density at radius 3 is 2.28 bits per heavy atom. The van der Waals surface area contributed by atoms with Gasteiger partial charge >= 0.3 is 0 Å². The van der Waals surface area contributed by atoms with E-state index in [1.807, 2.05) is 0 Å². The topological polar surface area (TPSA) is 12.0 Å². The molecule has 0 spiro atoms. The third-order valence-electron chi connectivity index (χ3n) is 3.90. The van der Waals surface area contributed by atoms with Crippen molar-refractivity contribution < 1.29 is 0 Å². The monoisotopic (exact) mass is 245 g/mol. The van der Waals surface area contributed by atoms with Crippen LogP contribution in [0.1, 0.15) is 58.6 Å². The summed E-state index contributed by atoms with van der Waals surface area (Å²) >= 11 is 0. The summed E-state index contributed by atoms with van der Waals surface area (Å²) in [5, 5.41) is 3.80. The van der Waals surface area contributed by atoms with E-state index in [9.17, 15) is 0 Å². The SMILES string of the molecule is CC(C)(C)CC(NCC1(C)CC1)c1ccccc1. The zero-order chi connectivity index (χ0) is 13.2. The Bertz CT molecular complexity index is 370. The maximum atomic E-state index is 3.80. The second-order valence-electron chi connectivity index (χ2n) is 7.42. The van der Waals surface area contributed by atoms with Gasteiger partial charge in [0.2, 0.25) is 0 Å². The first-order valence-electron chi connectivity index (χ1n) is 7.16. The maximum Gasteiger partial charge on any atom is 0.0325 e. The summed E-state index contributed by atoms with van der Waals surface area (Å²) in [6, 6.07) is 11.4. The molecule has 1 aliphatic rings. The van der Waals surface area contributed by atoms with Crippen molar-refractivity contribution in [2.24, 2.45) is 10.8 Å². The number of rotatable bonds is 5. The predicted molar refractivity (Wildman–Crippen MR) is 78.6 cm³/mol. The Hall–Kier alpha value is -0.820. The van der Waals surface area contributed by atoms with Crippen LogP contribution in [0.2, 0.25) is 0 Å². The van der Waals surface area contributed by atoms with Crippen molar-refractivity contribution in [2.75, 3.05) is 6.54 Å². The van der Waals surface area contributed by atoms with Gasteiger partial charge in [0.1, 0.15) is 0 Å². The number of hydrogen-bond acceptors (Lipinski definition) is 1. The number of nitrogens with one attached hydrogen (secondary N) is 1. The second-order valence-corrected chi connectivity index (χ2v) is 7.42. The third kappa shape index (κ3) is 4.13. The molecule has 1 aromatic carbocycles. The Balaban J connectivity index is 2.02. The molecular formula is C17H27N. The van der Waals surface area contributed by atoms with Crippen LogP contribution in [0, 0.1) is 10.8 Å². The van der Waals surface area contributed by atoms with Gasteiger partial charge in [0.05, 0.1) is 0 Å². The van der Waals surface area contributed by atoms with Crippen LogP contribution >= 0.6 is 0 Å². The van der Waals surface area contributed by atoms with E-state index >= 15 is 0 Å². The number of hydrogen-bond donors (Lipinski definition) is 1. The first-order chi connectivity index (χ1) is 8.38. The lowest BCUT2D eigenvalue weighted by Gasteiger charge is -2.28. The largest absolute Gasteiger partial charge is 0.309 e. The average Bonchev–Trinajstić information content (AvgIpc) is 3.03. The molecular weight excluding hydrogens is 218 g/mol. The highest BCUT2D eigenvalue weighted by Gasteiger charge is 2.37. The van der Waals surface area contributed by atoms with E-state index in [1.54, 1.807) is 0 Å². The van der Waals surface area contributed by atoms with Crippen molar-refractivity contribution in [1.82, 2.24) is 5.32 Å². The fraction of sp³-hybridized carbons (Fsp3) is 0.647. The lowest BCUT2D eigenvalue weighted by atomic mass is 9.85. The summed E-state index contributed by atoms with van der Waals surface area (Å²) in [6.07, 6.45) is 3.96. The smallest absolute Gasteiger partial charge is 0.0325 e. The molecule has 0 saturated heterocycles. The van der Waals surface area contributed by atoms with Crippen molar-refractivity contribution in [3.05, 3.63) is 35.9 Å².